The molecule has 2 N–H and O–H groups in total. The standard InChI is InChI=1S/C15H25NO3/c1-9-6-12(13(7-9)15(18)19)14(17)16-8-11-5-3-4-10(11)2/h9-13H,3-8H2,1-2H3,(H,16,17)(H,18,19). The molecule has 1 amide bonds. The third-order valence-electron chi connectivity index (χ3n) is 5.03. The molecule has 2 aliphatic rings. The van der Waals surface area contributed by atoms with Crippen LogP contribution in [0.2, 0.25) is 0 Å². The van der Waals surface area contributed by atoms with Crippen molar-refractivity contribution in [3.63, 3.8) is 0 Å². The Hall–Kier alpha value is -1.06. The number of nitrogens with one attached hydrogen (secondary N) is 1. The molecule has 108 valence electrons. The molecule has 2 saturated carbocycles. The Labute approximate surface area is 115 Å². The minimum atomic E-state index is -0.821. The average molecular weight is 267 g/mol. The van der Waals surface area contributed by atoms with Crippen LogP contribution in [0.4, 0.5) is 0 Å². The number of hydrogen-bond acceptors (Lipinski definition) is 2. The van der Waals surface area contributed by atoms with Crippen LogP contribution in [0.25, 0.3) is 0 Å². The molecule has 5 unspecified atom stereocenters. The van der Waals surface area contributed by atoms with Crippen LogP contribution in [-0.4, -0.2) is 23.5 Å². The van der Waals surface area contributed by atoms with Crippen molar-refractivity contribution in [2.45, 2.75) is 46.0 Å². The molecular formula is C15H25NO3. The first-order chi connectivity index (χ1) is 8.99. The van der Waals surface area contributed by atoms with Crippen LogP contribution in [0.1, 0.15) is 46.0 Å². The van der Waals surface area contributed by atoms with Crippen molar-refractivity contribution < 1.29 is 14.7 Å². The lowest BCUT2D eigenvalue weighted by atomic mass is 9.94. The summed E-state index contributed by atoms with van der Waals surface area (Å²) in [7, 11) is 0. The quantitative estimate of drug-likeness (QED) is 0.821. The molecule has 0 heterocycles. The molecule has 19 heavy (non-hydrogen) atoms. The lowest BCUT2D eigenvalue weighted by molar-refractivity contribution is -0.146. The minimum absolute atomic E-state index is 0.0455. The van der Waals surface area contributed by atoms with Crippen molar-refractivity contribution in [2.75, 3.05) is 6.54 Å². The first-order valence-electron chi connectivity index (χ1n) is 7.49. The number of hydrogen-bond donors (Lipinski definition) is 2. The Morgan fingerprint density at radius 2 is 1.84 bits per heavy atom. The summed E-state index contributed by atoms with van der Waals surface area (Å²) >= 11 is 0. The number of amides is 1. The molecule has 0 spiro atoms. The van der Waals surface area contributed by atoms with Crippen LogP contribution in [0.3, 0.4) is 0 Å². The van der Waals surface area contributed by atoms with Gasteiger partial charge in [-0.1, -0.05) is 26.7 Å². The summed E-state index contributed by atoms with van der Waals surface area (Å²) in [5, 5.41) is 12.2. The molecule has 2 fully saturated rings. The highest BCUT2D eigenvalue weighted by Gasteiger charge is 2.41. The third-order valence-corrected chi connectivity index (χ3v) is 5.03. The molecule has 0 aromatic rings. The van der Waals surface area contributed by atoms with Gasteiger partial charge in [-0.15, -0.1) is 0 Å². The molecule has 0 aromatic carbocycles. The number of carbonyl (C=O) groups excluding carboxylic acids is 1. The van der Waals surface area contributed by atoms with Crippen LogP contribution in [-0.2, 0) is 9.59 Å². The molecule has 2 rings (SSSR count). The zero-order valence-electron chi connectivity index (χ0n) is 11.9. The van der Waals surface area contributed by atoms with Gasteiger partial charge in [0.15, 0.2) is 0 Å². The van der Waals surface area contributed by atoms with E-state index in [9.17, 15) is 14.7 Å². The van der Waals surface area contributed by atoms with E-state index < -0.39 is 11.9 Å². The Bertz CT molecular complexity index is 355. The molecule has 0 aliphatic heterocycles. The van der Waals surface area contributed by atoms with Crippen molar-refractivity contribution in [1.29, 1.82) is 0 Å². The minimum Gasteiger partial charge on any atom is -0.481 e. The van der Waals surface area contributed by atoms with Crippen molar-refractivity contribution in [2.24, 2.45) is 29.6 Å². The number of carbonyl (C=O) groups is 2. The highest BCUT2D eigenvalue weighted by molar-refractivity contribution is 5.85. The smallest absolute Gasteiger partial charge is 0.307 e. The molecule has 4 heteroatoms. The second kappa shape index (κ2) is 5.93. The molecule has 4 nitrogen and oxygen atoms in total. The first-order valence-corrected chi connectivity index (χ1v) is 7.49. The van der Waals surface area contributed by atoms with E-state index >= 15 is 0 Å². The van der Waals surface area contributed by atoms with Gasteiger partial charge in [-0.05, 0) is 37.0 Å². The number of carboxylic acid groups (broad SMARTS) is 1. The Kier molecular flexibility index (Phi) is 4.48. The van der Waals surface area contributed by atoms with Gasteiger partial charge in [-0.3, -0.25) is 9.59 Å². The zero-order chi connectivity index (χ0) is 14.0. The van der Waals surface area contributed by atoms with E-state index in [-0.39, 0.29) is 11.8 Å². The predicted molar refractivity (Wildman–Crippen MR) is 72.5 cm³/mol. The Morgan fingerprint density at radius 1 is 1.16 bits per heavy atom. The van der Waals surface area contributed by atoms with Gasteiger partial charge in [0.2, 0.25) is 5.91 Å². The van der Waals surface area contributed by atoms with E-state index in [1.165, 1.54) is 19.3 Å². The molecule has 2 aliphatic carbocycles. The average Bonchev–Trinajstić information content (AvgIpc) is 2.92. The highest BCUT2D eigenvalue weighted by atomic mass is 16.4. The summed E-state index contributed by atoms with van der Waals surface area (Å²) in [6.07, 6.45) is 5.03. The lowest BCUT2D eigenvalue weighted by Crippen LogP contribution is -2.38. The van der Waals surface area contributed by atoms with Gasteiger partial charge in [-0.2, -0.15) is 0 Å². The molecule has 0 radical (unpaired) electrons. The summed E-state index contributed by atoms with van der Waals surface area (Å²) in [6, 6.07) is 0. The van der Waals surface area contributed by atoms with E-state index in [2.05, 4.69) is 12.2 Å². The monoisotopic (exact) mass is 267 g/mol. The Balaban J connectivity index is 1.86. The maximum atomic E-state index is 12.2. The van der Waals surface area contributed by atoms with Gasteiger partial charge in [0.05, 0.1) is 11.8 Å². The summed E-state index contributed by atoms with van der Waals surface area (Å²) in [6.45, 7) is 4.99. The Morgan fingerprint density at radius 3 is 2.42 bits per heavy atom. The van der Waals surface area contributed by atoms with Crippen molar-refractivity contribution >= 4 is 11.9 Å². The van der Waals surface area contributed by atoms with Crippen LogP contribution < -0.4 is 5.32 Å². The maximum absolute atomic E-state index is 12.2. The van der Waals surface area contributed by atoms with Crippen molar-refractivity contribution in [3.05, 3.63) is 0 Å². The second-order valence-electron chi connectivity index (χ2n) is 6.54. The van der Waals surface area contributed by atoms with Crippen molar-refractivity contribution in [3.8, 4) is 0 Å². The summed E-state index contributed by atoms with van der Waals surface area (Å²) < 4.78 is 0. The fourth-order valence-electron chi connectivity index (χ4n) is 3.74. The van der Waals surface area contributed by atoms with E-state index in [0.717, 1.165) is 6.54 Å². The van der Waals surface area contributed by atoms with E-state index in [0.29, 0.717) is 30.6 Å². The summed E-state index contributed by atoms with van der Waals surface area (Å²) in [4.78, 5) is 23.4. The predicted octanol–water partition coefficient (Wildman–Crippen LogP) is 2.29. The van der Waals surface area contributed by atoms with E-state index in [4.69, 9.17) is 0 Å². The van der Waals surface area contributed by atoms with Crippen LogP contribution >= 0.6 is 0 Å². The zero-order valence-corrected chi connectivity index (χ0v) is 11.9. The normalized spacial score (nSPS) is 38.3. The van der Waals surface area contributed by atoms with Gasteiger partial charge in [0.25, 0.3) is 0 Å². The van der Waals surface area contributed by atoms with Gasteiger partial charge < -0.3 is 10.4 Å². The largest absolute Gasteiger partial charge is 0.481 e. The van der Waals surface area contributed by atoms with Gasteiger partial charge in [0, 0.05) is 6.54 Å². The topological polar surface area (TPSA) is 66.4 Å². The maximum Gasteiger partial charge on any atom is 0.307 e. The number of rotatable bonds is 4. The molecule has 0 aromatic heterocycles. The molecular weight excluding hydrogens is 242 g/mol. The number of carboxylic acids is 1. The van der Waals surface area contributed by atoms with Crippen LogP contribution in [0.5, 0.6) is 0 Å². The van der Waals surface area contributed by atoms with Crippen LogP contribution in [0.15, 0.2) is 0 Å². The molecule has 0 bridgehead atoms. The fourth-order valence-corrected chi connectivity index (χ4v) is 3.74. The van der Waals surface area contributed by atoms with Crippen molar-refractivity contribution in [1.82, 2.24) is 5.32 Å². The van der Waals surface area contributed by atoms with Crippen LogP contribution in [0, 0.1) is 29.6 Å². The highest BCUT2D eigenvalue weighted by Crippen LogP contribution is 2.37. The SMILES string of the molecule is CC1CC(C(=O)O)C(C(=O)NCC2CCCC2C)C1. The summed E-state index contributed by atoms with van der Waals surface area (Å²) in [5.74, 6) is -0.0961. The van der Waals surface area contributed by atoms with E-state index in [1.807, 2.05) is 6.92 Å². The van der Waals surface area contributed by atoms with Gasteiger partial charge in [-0.25, -0.2) is 0 Å². The first kappa shape index (κ1) is 14.4. The van der Waals surface area contributed by atoms with Gasteiger partial charge >= 0.3 is 5.97 Å². The summed E-state index contributed by atoms with van der Waals surface area (Å²) in [5.41, 5.74) is 0. The lowest BCUT2D eigenvalue weighted by Gasteiger charge is -2.19. The van der Waals surface area contributed by atoms with E-state index in [1.54, 1.807) is 0 Å². The second-order valence-corrected chi connectivity index (χ2v) is 6.54. The third kappa shape index (κ3) is 3.28. The molecule has 0 saturated heterocycles. The molecule has 5 atom stereocenters. The number of aliphatic carboxylic acids is 1. The van der Waals surface area contributed by atoms with Gasteiger partial charge in [0.1, 0.15) is 0 Å². The fraction of sp³-hybridized carbons (Fsp3) is 0.867.